The average Bonchev–Trinajstić information content (AvgIpc) is 2.91. The molecule has 0 atom stereocenters. The molecule has 0 radical (unpaired) electrons. The van der Waals surface area contributed by atoms with E-state index in [2.05, 4.69) is 11.1 Å². The van der Waals surface area contributed by atoms with Crippen LogP contribution in [0.4, 0.5) is 0 Å². The Balaban J connectivity index is 0.00000156. The van der Waals surface area contributed by atoms with Gasteiger partial charge in [-0.1, -0.05) is 30.3 Å². The molecule has 3 nitrogen and oxygen atoms in total. The normalized spacial score (nSPS) is 10.4. The third-order valence-electron chi connectivity index (χ3n) is 3.81. The minimum atomic E-state index is 0. The van der Waals surface area contributed by atoms with Crippen LogP contribution in [0.3, 0.4) is 0 Å². The van der Waals surface area contributed by atoms with Crippen molar-refractivity contribution in [1.82, 2.24) is 9.55 Å². The number of fused-ring (bicyclic) bond motifs is 2. The van der Waals surface area contributed by atoms with Crippen molar-refractivity contribution in [2.45, 2.75) is 4.90 Å². The van der Waals surface area contributed by atoms with Crippen molar-refractivity contribution in [3.8, 4) is 11.8 Å². The molecule has 4 rings (SSSR count). The zero-order chi connectivity index (χ0) is 15.1. The monoisotopic (exact) mass is 323 g/mol. The van der Waals surface area contributed by atoms with E-state index in [0.717, 1.165) is 32.4 Å². The van der Waals surface area contributed by atoms with Gasteiger partial charge < -0.3 is 17.2 Å². The summed E-state index contributed by atoms with van der Waals surface area (Å²) < 4.78 is 2.00. The fourth-order valence-electron chi connectivity index (χ4n) is 2.80. The van der Waals surface area contributed by atoms with Crippen LogP contribution in [0.5, 0.6) is 0 Å². The van der Waals surface area contributed by atoms with Crippen LogP contribution in [-0.2, 0) is 12.6 Å². The van der Waals surface area contributed by atoms with E-state index in [1.807, 2.05) is 59.3 Å². The Morgan fingerprint density at radius 3 is 2.48 bits per heavy atom. The molecule has 0 unspecified atom stereocenters. The predicted octanol–water partition coefficient (Wildman–Crippen LogP) is 0.960. The molecule has 23 heavy (non-hydrogen) atoms. The molecule has 0 aliphatic heterocycles. The van der Waals surface area contributed by atoms with Crippen molar-refractivity contribution < 1.29 is 29.6 Å². The molecule has 104 valence electrons. The molecular weight excluding hydrogens is 313 g/mol. The quantitative estimate of drug-likeness (QED) is 0.387. The van der Waals surface area contributed by atoms with Crippen molar-refractivity contribution in [2.24, 2.45) is 0 Å². The molecule has 0 bridgehead atoms. The van der Waals surface area contributed by atoms with E-state index >= 15 is 0 Å². The number of benzene rings is 2. The van der Waals surface area contributed by atoms with Crippen molar-refractivity contribution in [3.63, 3.8) is 0 Å². The summed E-state index contributed by atoms with van der Waals surface area (Å²) in [5.74, 6) is 0. The van der Waals surface area contributed by atoms with Gasteiger partial charge in [0.15, 0.2) is 0 Å². The fraction of sp³-hybridized carbons (Fsp3) is 0. The Labute approximate surface area is 161 Å². The van der Waals surface area contributed by atoms with Gasteiger partial charge >= 0.3 is 29.6 Å². The van der Waals surface area contributed by atoms with E-state index in [1.54, 1.807) is 6.20 Å². The summed E-state index contributed by atoms with van der Waals surface area (Å²) in [5, 5.41) is 12.2. The smallest absolute Gasteiger partial charge is 0.778 e. The van der Waals surface area contributed by atoms with Gasteiger partial charge in [-0.25, -0.2) is 4.98 Å². The Hall–Kier alpha value is -1.90. The number of hydrogen-bond acceptors (Lipinski definition) is 3. The second-order valence-corrected chi connectivity index (χ2v) is 5.47. The van der Waals surface area contributed by atoms with Crippen molar-refractivity contribution in [1.29, 1.82) is 5.26 Å². The first-order valence-corrected chi connectivity index (χ1v) is 7.26. The Morgan fingerprint density at radius 2 is 1.70 bits per heavy atom. The van der Waals surface area contributed by atoms with E-state index in [-0.39, 0.29) is 29.6 Å². The molecule has 0 saturated carbocycles. The summed E-state index contributed by atoms with van der Waals surface area (Å²) >= 11 is 5.43. The molecule has 0 amide bonds. The van der Waals surface area contributed by atoms with E-state index in [0.29, 0.717) is 5.56 Å². The number of rotatable bonds is 1. The molecule has 4 aromatic rings. The third-order valence-corrected chi connectivity index (χ3v) is 4.13. The van der Waals surface area contributed by atoms with Gasteiger partial charge in [0.2, 0.25) is 0 Å². The molecule has 0 saturated heterocycles. The molecule has 0 aliphatic rings. The van der Waals surface area contributed by atoms with E-state index in [4.69, 9.17) is 12.6 Å². The predicted molar refractivity (Wildman–Crippen MR) is 88.9 cm³/mol. The molecule has 5 heteroatoms. The molecule has 0 fully saturated rings. The molecule has 0 N–H and O–H groups in total. The van der Waals surface area contributed by atoms with Crippen LogP contribution in [-0.4, -0.2) is 9.55 Å². The number of pyridine rings is 1. The second kappa shape index (κ2) is 6.31. The largest absolute Gasteiger partial charge is 1.00 e. The SMILES string of the molecule is N#Cc1ccc(-n2cc([S-])c3cccnc32)c2ccccc12.[Na+]. The zero-order valence-electron chi connectivity index (χ0n) is 12.5. The molecule has 0 spiro atoms. The van der Waals surface area contributed by atoms with Crippen LogP contribution in [0, 0.1) is 11.3 Å². The van der Waals surface area contributed by atoms with Gasteiger partial charge in [-0.3, -0.25) is 0 Å². The van der Waals surface area contributed by atoms with E-state index in [1.165, 1.54) is 0 Å². The zero-order valence-corrected chi connectivity index (χ0v) is 15.3. The molecular formula is C18H10N3NaS. The van der Waals surface area contributed by atoms with Crippen molar-refractivity contribution in [2.75, 3.05) is 0 Å². The van der Waals surface area contributed by atoms with E-state index in [9.17, 15) is 5.26 Å². The van der Waals surface area contributed by atoms with Gasteiger partial charge in [-0.05, 0) is 24.4 Å². The summed E-state index contributed by atoms with van der Waals surface area (Å²) in [7, 11) is 0. The van der Waals surface area contributed by atoms with Gasteiger partial charge in [-0.15, -0.1) is 4.90 Å². The molecule has 0 aliphatic carbocycles. The summed E-state index contributed by atoms with van der Waals surface area (Å²) in [6, 6.07) is 17.8. The average molecular weight is 323 g/mol. The number of nitrogens with zero attached hydrogens (tertiary/aromatic N) is 3. The van der Waals surface area contributed by atoms with E-state index < -0.39 is 0 Å². The maximum Gasteiger partial charge on any atom is 1.00 e. The number of aromatic nitrogens is 2. The Bertz CT molecular complexity index is 1060. The van der Waals surface area contributed by atoms with Crippen LogP contribution in [0.25, 0.3) is 27.5 Å². The fourth-order valence-corrected chi connectivity index (χ4v) is 3.07. The van der Waals surface area contributed by atoms with Crippen LogP contribution < -0.4 is 29.6 Å². The second-order valence-electron chi connectivity index (χ2n) is 5.03. The van der Waals surface area contributed by atoms with Gasteiger partial charge in [-0.2, -0.15) is 5.26 Å². The van der Waals surface area contributed by atoms with Crippen molar-refractivity contribution in [3.05, 3.63) is 66.5 Å². The first-order chi connectivity index (χ1) is 10.8. The van der Waals surface area contributed by atoms with Crippen LogP contribution in [0.2, 0.25) is 0 Å². The molecule has 2 heterocycles. The van der Waals surface area contributed by atoms with Crippen LogP contribution >= 0.6 is 0 Å². The summed E-state index contributed by atoms with van der Waals surface area (Å²) in [5.41, 5.74) is 2.49. The Morgan fingerprint density at radius 1 is 0.957 bits per heavy atom. The van der Waals surface area contributed by atoms with Crippen LogP contribution in [0.1, 0.15) is 5.56 Å². The summed E-state index contributed by atoms with van der Waals surface area (Å²) in [6.07, 6.45) is 3.68. The standard InChI is InChI=1S/C18H11N3S.Na/c19-10-12-7-8-16(14-5-2-1-4-13(12)14)21-11-17(22)15-6-3-9-20-18(15)21;/h1-9,11,22H;/q;+1/p-1. The van der Waals surface area contributed by atoms with Gasteiger partial charge in [0.25, 0.3) is 0 Å². The number of hydrogen-bond donors (Lipinski definition) is 0. The summed E-state index contributed by atoms with van der Waals surface area (Å²) in [4.78, 5) is 5.23. The van der Waals surface area contributed by atoms with Crippen LogP contribution in [0.15, 0.2) is 65.8 Å². The molecule has 2 aromatic carbocycles. The number of nitriles is 1. The maximum absolute atomic E-state index is 9.29. The third kappa shape index (κ3) is 2.52. The van der Waals surface area contributed by atoms with Gasteiger partial charge in [0.1, 0.15) is 5.65 Å². The minimum Gasteiger partial charge on any atom is -0.778 e. The minimum absolute atomic E-state index is 0. The first-order valence-electron chi connectivity index (χ1n) is 6.85. The Kier molecular flexibility index (Phi) is 4.38. The first kappa shape index (κ1) is 16.0. The molecule has 2 aromatic heterocycles. The summed E-state index contributed by atoms with van der Waals surface area (Å²) in [6.45, 7) is 0. The topological polar surface area (TPSA) is 41.6 Å². The maximum atomic E-state index is 9.29. The van der Waals surface area contributed by atoms with Gasteiger partial charge in [0.05, 0.1) is 17.3 Å². The van der Waals surface area contributed by atoms with Gasteiger partial charge in [0, 0.05) is 22.4 Å². The van der Waals surface area contributed by atoms with Crippen molar-refractivity contribution >= 4 is 34.4 Å².